The molecule has 1 aliphatic rings. The molecule has 0 saturated carbocycles. The summed E-state index contributed by atoms with van der Waals surface area (Å²) in [6, 6.07) is 5.80. The van der Waals surface area contributed by atoms with Gasteiger partial charge in [-0.05, 0) is 42.0 Å². The van der Waals surface area contributed by atoms with E-state index in [0.717, 1.165) is 29.6 Å². The largest absolute Gasteiger partial charge is 0.337 e. The van der Waals surface area contributed by atoms with Crippen LogP contribution in [0.15, 0.2) is 22.7 Å². The van der Waals surface area contributed by atoms with Crippen LogP contribution in [-0.4, -0.2) is 35.4 Å². The van der Waals surface area contributed by atoms with Gasteiger partial charge in [-0.1, -0.05) is 28.1 Å². The molecule has 1 atom stereocenters. The van der Waals surface area contributed by atoms with Gasteiger partial charge in [-0.25, -0.2) is 0 Å². The topological polar surface area (TPSA) is 46.3 Å². The summed E-state index contributed by atoms with van der Waals surface area (Å²) < 4.78 is 1.14. The molecule has 2 rings (SSSR count). The van der Waals surface area contributed by atoms with Crippen molar-refractivity contribution >= 4 is 33.6 Å². The van der Waals surface area contributed by atoms with Crippen LogP contribution in [-0.2, 0) is 17.8 Å². The fourth-order valence-corrected chi connectivity index (χ4v) is 3.45. The third kappa shape index (κ3) is 3.52. The van der Waals surface area contributed by atoms with Gasteiger partial charge in [0.1, 0.15) is 0 Å². The lowest BCUT2D eigenvalue weighted by Gasteiger charge is -2.31. The van der Waals surface area contributed by atoms with E-state index in [-0.39, 0.29) is 11.9 Å². The SMILES string of the molecule is CSCC[C@@H](N)C(=O)N1CCc2c(Br)cccc2C1. The highest BCUT2D eigenvalue weighted by atomic mass is 79.9. The zero-order valence-electron chi connectivity index (χ0n) is 11.1. The molecule has 1 aromatic carbocycles. The first-order valence-corrected chi connectivity index (χ1v) is 8.61. The number of benzene rings is 1. The van der Waals surface area contributed by atoms with E-state index in [4.69, 9.17) is 5.73 Å². The maximum atomic E-state index is 12.3. The minimum absolute atomic E-state index is 0.0830. The first kappa shape index (κ1) is 14.9. The lowest BCUT2D eigenvalue weighted by Crippen LogP contribution is -2.46. The van der Waals surface area contributed by atoms with Crippen molar-refractivity contribution in [2.75, 3.05) is 18.6 Å². The summed E-state index contributed by atoms with van der Waals surface area (Å²) in [5.74, 6) is 1.02. The van der Waals surface area contributed by atoms with E-state index in [1.165, 1.54) is 11.1 Å². The highest BCUT2D eigenvalue weighted by molar-refractivity contribution is 9.10. The van der Waals surface area contributed by atoms with E-state index in [2.05, 4.69) is 28.1 Å². The number of hydrogen-bond donors (Lipinski definition) is 1. The van der Waals surface area contributed by atoms with E-state index >= 15 is 0 Å². The van der Waals surface area contributed by atoms with Gasteiger partial charge in [0, 0.05) is 17.6 Å². The number of fused-ring (bicyclic) bond motifs is 1. The number of amides is 1. The average Bonchev–Trinajstić information content (AvgIpc) is 2.43. The minimum Gasteiger partial charge on any atom is -0.337 e. The molecule has 0 unspecified atom stereocenters. The summed E-state index contributed by atoms with van der Waals surface area (Å²) >= 11 is 5.30. The molecule has 0 bridgehead atoms. The van der Waals surface area contributed by atoms with Crippen molar-refractivity contribution in [3.8, 4) is 0 Å². The molecule has 1 aliphatic heterocycles. The Bertz CT molecular complexity index is 467. The van der Waals surface area contributed by atoms with Crippen LogP contribution in [0.25, 0.3) is 0 Å². The zero-order chi connectivity index (χ0) is 13.8. The number of carbonyl (C=O) groups excluding carboxylic acids is 1. The smallest absolute Gasteiger partial charge is 0.239 e. The molecule has 0 fully saturated rings. The van der Waals surface area contributed by atoms with Gasteiger partial charge >= 0.3 is 0 Å². The Morgan fingerprint density at radius 3 is 3.11 bits per heavy atom. The predicted octanol–water partition coefficient (Wildman–Crippen LogP) is 2.41. The van der Waals surface area contributed by atoms with Crippen molar-refractivity contribution in [1.82, 2.24) is 4.90 Å². The second-order valence-electron chi connectivity index (χ2n) is 4.78. The summed E-state index contributed by atoms with van der Waals surface area (Å²) in [4.78, 5) is 14.2. The Morgan fingerprint density at radius 1 is 1.58 bits per heavy atom. The molecule has 5 heteroatoms. The molecule has 0 radical (unpaired) electrons. The highest BCUT2D eigenvalue weighted by Crippen LogP contribution is 2.26. The molecule has 0 aromatic heterocycles. The van der Waals surface area contributed by atoms with Crippen LogP contribution in [0.3, 0.4) is 0 Å². The maximum Gasteiger partial charge on any atom is 0.239 e. The Balaban J connectivity index is 2.03. The van der Waals surface area contributed by atoms with Gasteiger partial charge in [0.05, 0.1) is 6.04 Å². The van der Waals surface area contributed by atoms with E-state index in [1.54, 1.807) is 11.8 Å². The van der Waals surface area contributed by atoms with E-state index in [9.17, 15) is 4.79 Å². The molecule has 1 aromatic rings. The summed E-state index contributed by atoms with van der Waals surface area (Å²) in [7, 11) is 0. The Morgan fingerprint density at radius 2 is 2.37 bits per heavy atom. The number of rotatable bonds is 4. The zero-order valence-corrected chi connectivity index (χ0v) is 13.5. The normalized spacial score (nSPS) is 16.1. The van der Waals surface area contributed by atoms with Crippen molar-refractivity contribution in [3.63, 3.8) is 0 Å². The lowest BCUT2D eigenvalue weighted by molar-refractivity contribution is -0.133. The van der Waals surface area contributed by atoms with Gasteiger partial charge in [-0.3, -0.25) is 4.79 Å². The number of halogens is 1. The van der Waals surface area contributed by atoms with E-state index < -0.39 is 0 Å². The Hall–Kier alpha value is -0.520. The van der Waals surface area contributed by atoms with Crippen LogP contribution in [0, 0.1) is 0 Å². The van der Waals surface area contributed by atoms with Gasteiger partial charge in [-0.2, -0.15) is 11.8 Å². The Kier molecular flexibility index (Phi) is 5.30. The second kappa shape index (κ2) is 6.77. The van der Waals surface area contributed by atoms with Crippen molar-refractivity contribution < 1.29 is 4.79 Å². The molecular formula is C14H19BrN2OS. The van der Waals surface area contributed by atoms with Crippen molar-refractivity contribution in [1.29, 1.82) is 0 Å². The van der Waals surface area contributed by atoms with Crippen molar-refractivity contribution in [3.05, 3.63) is 33.8 Å². The summed E-state index contributed by atoms with van der Waals surface area (Å²) in [5.41, 5.74) is 8.52. The van der Waals surface area contributed by atoms with Crippen molar-refractivity contribution in [2.24, 2.45) is 5.73 Å². The standard InChI is InChI=1S/C14H19BrN2OS/c1-19-8-6-13(16)14(18)17-7-5-11-10(9-17)3-2-4-12(11)15/h2-4,13H,5-9,16H2,1H3/t13-/m1/s1. The van der Waals surface area contributed by atoms with Gasteiger partial charge in [0.25, 0.3) is 0 Å². The number of hydrogen-bond acceptors (Lipinski definition) is 3. The fraction of sp³-hybridized carbons (Fsp3) is 0.500. The van der Waals surface area contributed by atoms with E-state index in [0.29, 0.717) is 6.54 Å². The van der Waals surface area contributed by atoms with Crippen LogP contribution in [0.5, 0.6) is 0 Å². The molecule has 1 heterocycles. The molecule has 0 aliphatic carbocycles. The first-order valence-electron chi connectivity index (χ1n) is 6.43. The predicted molar refractivity (Wildman–Crippen MR) is 84.2 cm³/mol. The summed E-state index contributed by atoms with van der Waals surface area (Å²) in [6.45, 7) is 1.45. The number of carbonyl (C=O) groups is 1. The quantitative estimate of drug-likeness (QED) is 0.913. The third-order valence-electron chi connectivity index (χ3n) is 3.47. The monoisotopic (exact) mass is 342 g/mol. The van der Waals surface area contributed by atoms with Crippen molar-refractivity contribution in [2.45, 2.75) is 25.4 Å². The molecule has 0 saturated heterocycles. The van der Waals surface area contributed by atoms with Crippen LogP contribution in [0.1, 0.15) is 17.5 Å². The number of nitrogens with two attached hydrogens (primary N) is 1. The minimum atomic E-state index is -0.360. The lowest BCUT2D eigenvalue weighted by atomic mass is 9.99. The van der Waals surface area contributed by atoms with Gasteiger partial charge < -0.3 is 10.6 Å². The highest BCUT2D eigenvalue weighted by Gasteiger charge is 2.25. The summed E-state index contributed by atoms with van der Waals surface area (Å²) in [6.07, 6.45) is 3.69. The van der Waals surface area contributed by atoms with Crippen LogP contribution in [0.4, 0.5) is 0 Å². The van der Waals surface area contributed by atoms with Gasteiger partial charge in [0.15, 0.2) is 0 Å². The van der Waals surface area contributed by atoms with Gasteiger partial charge in [0.2, 0.25) is 5.91 Å². The summed E-state index contributed by atoms with van der Waals surface area (Å²) in [5, 5.41) is 0. The molecule has 19 heavy (non-hydrogen) atoms. The molecule has 2 N–H and O–H groups in total. The molecule has 104 valence electrons. The molecule has 0 spiro atoms. The fourth-order valence-electron chi connectivity index (χ4n) is 2.35. The number of nitrogens with zero attached hydrogens (tertiary/aromatic N) is 1. The Labute approximate surface area is 127 Å². The van der Waals surface area contributed by atoms with E-state index in [1.807, 2.05) is 17.2 Å². The average molecular weight is 343 g/mol. The third-order valence-corrected chi connectivity index (χ3v) is 4.86. The second-order valence-corrected chi connectivity index (χ2v) is 6.62. The molecule has 1 amide bonds. The molecule has 3 nitrogen and oxygen atoms in total. The first-order chi connectivity index (χ1) is 9.13. The van der Waals surface area contributed by atoms with Crippen LogP contribution >= 0.6 is 27.7 Å². The van der Waals surface area contributed by atoms with Crippen LogP contribution < -0.4 is 5.73 Å². The van der Waals surface area contributed by atoms with Gasteiger partial charge in [-0.15, -0.1) is 0 Å². The maximum absolute atomic E-state index is 12.3. The van der Waals surface area contributed by atoms with Crippen LogP contribution in [0.2, 0.25) is 0 Å². The molecular weight excluding hydrogens is 324 g/mol. The number of thioether (sulfide) groups is 1.